The molecule has 1 unspecified atom stereocenters. The van der Waals surface area contributed by atoms with Crippen LogP contribution < -0.4 is 10.2 Å². The number of hydrogen-bond acceptors (Lipinski definition) is 4. The van der Waals surface area contributed by atoms with Crippen LogP contribution in [-0.2, 0) is 0 Å². The Bertz CT molecular complexity index is 661. The average Bonchev–Trinajstić information content (AvgIpc) is 2.72. The number of carbonyl (C=O) groups excluding carboxylic acids is 1. The third-order valence-corrected chi connectivity index (χ3v) is 5.62. The second-order valence-corrected chi connectivity index (χ2v) is 7.60. The lowest BCUT2D eigenvalue weighted by Gasteiger charge is -2.37. The second-order valence-electron chi connectivity index (χ2n) is 7.60. The summed E-state index contributed by atoms with van der Waals surface area (Å²) in [6, 6.07) is 9.99. The number of para-hydroxylation sites is 1. The van der Waals surface area contributed by atoms with E-state index in [0.717, 1.165) is 38.4 Å². The van der Waals surface area contributed by atoms with Gasteiger partial charge in [-0.25, -0.2) is 4.79 Å². The molecule has 1 N–H and O–H groups in total. The predicted octanol–water partition coefficient (Wildman–Crippen LogP) is 2.51. The van der Waals surface area contributed by atoms with Crippen LogP contribution >= 0.6 is 0 Å². The number of nitrogens with zero attached hydrogens (tertiary/aromatic N) is 4. The Morgan fingerprint density at radius 3 is 2.74 bits per heavy atom. The number of nitrogens with one attached hydrogen (secondary N) is 1. The molecule has 0 saturated carbocycles. The lowest BCUT2D eigenvalue weighted by Crippen LogP contribution is -2.53. The number of piperidine rings is 1. The number of anilines is 1. The maximum absolute atomic E-state index is 12.5. The van der Waals surface area contributed by atoms with Crippen LogP contribution in [0.15, 0.2) is 24.3 Å². The van der Waals surface area contributed by atoms with E-state index >= 15 is 0 Å². The van der Waals surface area contributed by atoms with E-state index in [0.29, 0.717) is 24.6 Å². The molecule has 0 spiro atoms. The fourth-order valence-electron chi connectivity index (χ4n) is 4.18. The maximum atomic E-state index is 12.5. The first-order valence-electron chi connectivity index (χ1n) is 10.2. The van der Waals surface area contributed by atoms with Crippen molar-refractivity contribution in [2.24, 2.45) is 5.92 Å². The highest BCUT2D eigenvalue weighted by molar-refractivity contribution is 5.74. The zero-order chi connectivity index (χ0) is 19.1. The van der Waals surface area contributed by atoms with E-state index in [1.165, 1.54) is 25.8 Å². The quantitative estimate of drug-likeness (QED) is 0.866. The van der Waals surface area contributed by atoms with Crippen molar-refractivity contribution < 1.29 is 4.79 Å². The summed E-state index contributed by atoms with van der Waals surface area (Å²) >= 11 is 0. The molecule has 2 aliphatic heterocycles. The molecule has 3 rings (SSSR count). The number of benzene rings is 1. The van der Waals surface area contributed by atoms with E-state index in [1.54, 1.807) is 0 Å². The van der Waals surface area contributed by atoms with Gasteiger partial charge >= 0.3 is 6.03 Å². The zero-order valence-electron chi connectivity index (χ0n) is 16.4. The summed E-state index contributed by atoms with van der Waals surface area (Å²) in [4.78, 5) is 19.2. The summed E-state index contributed by atoms with van der Waals surface area (Å²) in [5, 5.41) is 12.4. The number of piperazine rings is 1. The molecular weight excluding hydrogens is 338 g/mol. The molecule has 6 heteroatoms. The SMILES string of the molecule is CCCN1CCCC(CNC(=O)N2CCN(c3ccccc3C#N)CC2)C1. The van der Waals surface area contributed by atoms with E-state index in [-0.39, 0.29) is 6.03 Å². The first-order chi connectivity index (χ1) is 13.2. The van der Waals surface area contributed by atoms with Crippen molar-refractivity contribution in [1.82, 2.24) is 15.1 Å². The lowest BCUT2D eigenvalue weighted by molar-refractivity contribution is 0.164. The summed E-state index contributed by atoms with van der Waals surface area (Å²) in [5.74, 6) is 0.568. The third-order valence-electron chi connectivity index (χ3n) is 5.62. The summed E-state index contributed by atoms with van der Waals surface area (Å²) in [5.41, 5.74) is 1.67. The molecule has 2 amide bonds. The Balaban J connectivity index is 1.44. The van der Waals surface area contributed by atoms with Crippen LogP contribution in [0, 0.1) is 17.2 Å². The Morgan fingerprint density at radius 1 is 1.22 bits per heavy atom. The molecule has 2 aliphatic rings. The summed E-state index contributed by atoms with van der Waals surface area (Å²) in [6.45, 7) is 9.38. The van der Waals surface area contributed by atoms with Gasteiger partial charge in [0, 0.05) is 39.3 Å². The Morgan fingerprint density at radius 2 is 2.00 bits per heavy atom. The number of rotatable bonds is 5. The molecule has 0 radical (unpaired) electrons. The van der Waals surface area contributed by atoms with E-state index in [2.05, 4.69) is 28.1 Å². The molecule has 0 bridgehead atoms. The minimum absolute atomic E-state index is 0.0517. The van der Waals surface area contributed by atoms with E-state index < -0.39 is 0 Å². The third kappa shape index (κ3) is 5.14. The standard InChI is InChI=1S/C21H31N5O/c1-2-9-24-10-5-6-18(17-24)16-23-21(27)26-13-11-25(12-14-26)20-8-4-3-7-19(20)15-22/h3-4,7-8,18H,2,5-6,9-14,16-17H2,1H3,(H,23,27). The predicted molar refractivity (Wildman–Crippen MR) is 108 cm³/mol. The number of hydrogen-bond donors (Lipinski definition) is 1. The molecule has 27 heavy (non-hydrogen) atoms. The van der Waals surface area contributed by atoms with Gasteiger partial charge in [-0.3, -0.25) is 0 Å². The number of carbonyl (C=O) groups is 1. The molecule has 1 atom stereocenters. The fraction of sp³-hybridized carbons (Fsp3) is 0.619. The van der Waals surface area contributed by atoms with Crippen molar-refractivity contribution in [1.29, 1.82) is 5.26 Å². The zero-order valence-corrected chi connectivity index (χ0v) is 16.4. The fourth-order valence-corrected chi connectivity index (χ4v) is 4.18. The van der Waals surface area contributed by atoms with E-state index in [9.17, 15) is 10.1 Å². The molecule has 1 aromatic carbocycles. The molecule has 2 saturated heterocycles. The van der Waals surface area contributed by atoms with Crippen LogP contribution in [-0.4, -0.2) is 68.2 Å². The molecule has 6 nitrogen and oxygen atoms in total. The highest BCUT2D eigenvalue weighted by atomic mass is 16.2. The minimum atomic E-state index is 0.0517. The van der Waals surface area contributed by atoms with E-state index in [4.69, 9.17) is 0 Å². The highest BCUT2D eigenvalue weighted by Gasteiger charge is 2.24. The maximum Gasteiger partial charge on any atom is 0.317 e. The average molecular weight is 370 g/mol. The van der Waals surface area contributed by atoms with Gasteiger partial charge < -0.3 is 20.0 Å². The van der Waals surface area contributed by atoms with Crippen molar-refractivity contribution in [3.8, 4) is 6.07 Å². The molecule has 2 heterocycles. The Labute approximate surface area is 162 Å². The summed E-state index contributed by atoms with van der Waals surface area (Å²) in [7, 11) is 0. The monoisotopic (exact) mass is 369 g/mol. The van der Waals surface area contributed by atoms with Gasteiger partial charge in [-0.15, -0.1) is 0 Å². The lowest BCUT2D eigenvalue weighted by atomic mass is 9.98. The number of urea groups is 1. The number of amides is 2. The van der Waals surface area contributed by atoms with Gasteiger partial charge in [-0.05, 0) is 50.4 Å². The van der Waals surface area contributed by atoms with Crippen LogP contribution in [0.4, 0.5) is 10.5 Å². The minimum Gasteiger partial charge on any atom is -0.367 e. The highest BCUT2D eigenvalue weighted by Crippen LogP contribution is 2.21. The van der Waals surface area contributed by atoms with Crippen molar-refractivity contribution in [2.45, 2.75) is 26.2 Å². The largest absolute Gasteiger partial charge is 0.367 e. The van der Waals surface area contributed by atoms with E-state index in [1.807, 2.05) is 29.2 Å². The van der Waals surface area contributed by atoms with Gasteiger partial charge in [0.1, 0.15) is 6.07 Å². The first-order valence-corrected chi connectivity index (χ1v) is 10.2. The normalized spacial score (nSPS) is 21.0. The van der Waals surface area contributed by atoms with Crippen LogP contribution in [0.25, 0.3) is 0 Å². The van der Waals surface area contributed by atoms with Crippen LogP contribution in [0.1, 0.15) is 31.7 Å². The Hall–Kier alpha value is -2.26. The van der Waals surface area contributed by atoms with Crippen molar-refractivity contribution in [3.63, 3.8) is 0 Å². The summed E-state index contributed by atoms with van der Waals surface area (Å²) < 4.78 is 0. The molecule has 146 valence electrons. The summed E-state index contributed by atoms with van der Waals surface area (Å²) in [6.07, 6.45) is 3.63. The van der Waals surface area contributed by atoms with Gasteiger partial charge in [-0.2, -0.15) is 5.26 Å². The molecule has 0 aliphatic carbocycles. The van der Waals surface area contributed by atoms with Crippen molar-refractivity contribution in [3.05, 3.63) is 29.8 Å². The van der Waals surface area contributed by atoms with Crippen molar-refractivity contribution in [2.75, 3.05) is 57.3 Å². The van der Waals surface area contributed by atoms with Gasteiger partial charge in [-0.1, -0.05) is 19.1 Å². The number of nitriles is 1. The number of likely N-dealkylation sites (tertiary alicyclic amines) is 1. The molecule has 1 aromatic rings. The van der Waals surface area contributed by atoms with Gasteiger partial charge in [0.15, 0.2) is 0 Å². The Kier molecular flexibility index (Phi) is 6.94. The second kappa shape index (κ2) is 9.61. The smallest absolute Gasteiger partial charge is 0.317 e. The van der Waals surface area contributed by atoms with Crippen molar-refractivity contribution >= 4 is 11.7 Å². The van der Waals surface area contributed by atoms with Crippen LogP contribution in [0.3, 0.4) is 0 Å². The molecule has 0 aromatic heterocycles. The molecular formula is C21H31N5O. The van der Waals surface area contributed by atoms with Gasteiger partial charge in [0.25, 0.3) is 0 Å². The van der Waals surface area contributed by atoms with Gasteiger partial charge in [0.05, 0.1) is 11.3 Å². The molecule has 2 fully saturated rings. The van der Waals surface area contributed by atoms with Crippen LogP contribution in [0.2, 0.25) is 0 Å². The topological polar surface area (TPSA) is 62.6 Å². The van der Waals surface area contributed by atoms with Crippen LogP contribution in [0.5, 0.6) is 0 Å². The van der Waals surface area contributed by atoms with Gasteiger partial charge in [0.2, 0.25) is 0 Å². The first kappa shape index (κ1) is 19.5.